The number of aliphatic hydroxyl groups excluding tert-OH is 1. The quantitative estimate of drug-likeness (QED) is 0.0243. The molecule has 9 heteroatoms. The number of carbonyl (C=O) groups is 1. The Labute approximate surface area is 383 Å². The lowest BCUT2D eigenvalue weighted by atomic mass is 10.1. The number of rotatable bonds is 46. The summed E-state index contributed by atoms with van der Waals surface area (Å²) in [6, 6.07) is -0.873. The molecule has 0 radical (unpaired) electrons. The van der Waals surface area contributed by atoms with Crippen molar-refractivity contribution in [2.45, 2.75) is 231 Å². The van der Waals surface area contributed by atoms with Crippen LogP contribution in [0, 0.1) is 0 Å². The van der Waals surface area contributed by atoms with Gasteiger partial charge in [0.05, 0.1) is 39.9 Å². The zero-order valence-corrected chi connectivity index (χ0v) is 42.0. The van der Waals surface area contributed by atoms with Crippen LogP contribution in [0.2, 0.25) is 0 Å². The van der Waals surface area contributed by atoms with E-state index in [1.54, 1.807) is 6.08 Å². The number of nitrogens with one attached hydrogen (secondary N) is 1. The molecule has 362 valence electrons. The van der Waals surface area contributed by atoms with Crippen LogP contribution in [0.3, 0.4) is 0 Å². The van der Waals surface area contributed by atoms with Gasteiger partial charge < -0.3 is 19.8 Å². The molecule has 0 aliphatic rings. The number of phosphoric ester groups is 1. The fourth-order valence-electron chi connectivity index (χ4n) is 7.10. The summed E-state index contributed by atoms with van der Waals surface area (Å²) in [4.78, 5) is 23.2. The van der Waals surface area contributed by atoms with Crippen molar-refractivity contribution in [3.63, 3.8) is 0 Å². The van der Waals surface area contributed by atoms with E-state index in [4.69, 9.17) is 9.05 Å². The molecule has 8 nitrogen and oxygen atoms in total. The predicted octanol–water partition coefficient (Wildman–Crippen LogP) is 15.0. The van der Waals surface area contributed by atoms with Gasteiger partial charge in [0.1, 0.15) is 13.2 Å². The Morgan fingerprint density at radius 2 is 0.935 bits per heavy atom. The third kappa shape index (κ3) is 46.2. The maximum absolute atomic E-state index is 12.9. The monoisotopic (exact) mass is 892 g/mol. The first kappa shape index (κ1) is 60.2. The maximum atomic E-state index is 12.9. The van der Waals surface area contributed by atoms with Crippen molar-refractivity contribution in [3.05, 3.63) is 60.8 Å². The molecule has 0 aliphatic carbocycles. The Balaban J connectivity index is 4.31. The second-order valence-electron chi connectivity index (χ2n) is 18.5. The minimum atomic E-state index is -4.36. The van der Waals surface area contributed by atoms with Gasteiger partial charge in [-0.3, -0.25) is 13.8 Å². The Bertz CT molecular complexity index is 1190. The molecule has 0 fully saturated rings. The zero-order chi connectivity index (χ0) is 45.7. The summed E-state index contributed by atoms with van der Waals surface area (Å²) in [5, 5.41) is 13.8. The molecule has 0 spiro atoms. The molecule has 0 aromatic rings. The summed E-state index contributed by atoms with van der Waals surface area (Å²) < 4.78 is 23.6. The highest BCUT2D eigenvalue weighted by Gasteiger charge is 2.27. The lowest BCUT2D eigenvalue weighted by molar-refractivity contribution is -0.870. The number of amides is 1. The molecule has 0 saturated heterocycles. The van der Waals surface area contributed by atoms with Gasteiger partial charge >= 0.3 is 7.82 Å². The van der Waals surface area contributed by atoms with E-state index in [1.165, 1.54) is 148 Å². The van der Waals surface area contributed by atoms with Crippen LogP contribution in [0.4, 0.5) is 0 Å². The van der Waals surface area contributed by atoms with Crippen LogP contribution in [0.25, 0.3) is 0 Å². The summed E-state index contributed by atoms with van der Waals surface area (Å²) in [6.07, 6.45) is 58.8. The molecule has 0 aromatic heterocycles. The Morgan fingerprint density at radius 3 is 1.39 bits per heavy atom. The molecule has 0 rings (SSSR count). The van der Waals surface area contributed by atoms with Gasteiger partial charge in [-0.2, -0.15) is 0 Å². The van der Waals surface area contributed by atoms with Crippen LogP contribution in [-0.2, 0) is 18.4 Å². The maximum Gasteiger partial charge on any atom is 0.472 e. The molecule has 62 heavy (non-hydrogen) atoms. The van der Waals surface area contributed by atoms with Crippen LogP contribution in [0.15, 0.2) is 60.8 Å². The second kappa shape index (κ2) is 44.4. The highest BCUT2D eigenvalue weighted by atomic mass is 31.2. The van der Waals surface area contributed by atoms with Gasteiger partial charge in [-0.15, -0.1) is 0 Å². The molecule has 3 unspecified atom stereocenters. The summed E-state index contributed by atoms with van der Waals surface area (Å²) in [5.41, 5.74) is 0. The van der Waals surface area contributed by atoms with Gasteiger partial charge in [-0.1, -0.05) is 197 Å². The van der Waals surface area contributed by atoms with Gasteiger partial charge in [-0.05, 0) is 77.0 Å². The Hall–Kier alpha value is -1.80. The standard InChI is InChI=1S/C53H99N2O6P/c1-6-8-10-12-14-16-18-20-22-23-24-25-26-27-28-29-30-31-33-35-37-39-41-43-45-47-53(57)54-51(50-61-62(58,59)60-49-48-55(3,4)5)52(56)46-44-42-40-38-36-34-32-21-19-17-15-13-11-9-7-2/h19,21,24-25,27-28,36,38,44,46,51-52,56H,6-18,20,22-23,26,29-35,37,39-43,45,47-50H2,1-5H3,(H-,54,57,58,59)/p+1/b21-19+,25-24-,28-27-,38-36+,46-44+. The molecule has 0 heterocycles. The van der Waals surface area contributed by atoms with Crippen LogP contribution in [-0.4, -0.2) is 73.4 Å². The van der Waals surface area contributed by atoms with E-state index in [9.17, 15) is 19.4 Å². The number of hydrogen-bond donors (Lipinski definition) is 3. The summed E-state index contributed by atoms with van der Waals surface area (Å²) in [5.74, 6) is -0.197. The van der Waals surface area contributed by atoms with Crippen molar-refractivity contribution in [3.8, 4) is 0 Å². The fourth-order valence-corrected chi connectivity index (χ4v) is 7.84. The Kier molecular flexibility index (Phi) is 43.1. The summed E-state index contributed by atoms with van der Waals surface area (Å²) in [6.45, 7) is 4.77. The number of phosphoric acid groups is 1. The minimum absolute atomic E-state index is 0.0506. The number of nitrogens with zero attached hydrogens (tertiary/aromatic N) is 1. The van der Waals surface area contributed by atoms with Gasteiger partial charge in [0.2, 0.25) is 5.91 Å². The van der Waals surface area contributed by atoms with Gasteiger partial charge in [0.15, 0.2) is 0 Å². The van der Waals surface area contributed by atoms with E-state index in [1.807, 2.05) is 27.2 Å². The molecular weight excluding hydrogens is 792 g/mol. The average molecular weight is 892 g/mol. The number of aliphatic hydroxyl groups is 1. The molecule has 0 saturated carbocycles. The smallest absolute Gasteiger partial charge is 0.387 e. The van der Waals surface area contributed by atoms with E-state index in [0.717, 1.165) is 51.4 Å². The van der Waals surface area contributed by atoms with E-state index in [0.29, 0.717) is 17.4 Å². The number of allylic oxidation sites excluding steroid dienone is 9. The second-order valence-corrected chi connectivity index (χ2v) is 20.0. The average Bonchev–Trinajstić information content (AvgIpc) is 3.23. The Morgan fingerprint density at radius 1 is 0.548 bits per heavy atom. The minimum Gasteiger partial charge on any atom is -0.387 e. The van der Waals surface area contributed by atoms with E-state index in [-0.39, 0.29) is 19.1 Å². The largest absolute Gasteiger partial charge is 0.472 e. The number of unbranched alkanes of at least 4 members (excludes halogenated alkanes) is 25. The molecular formula is C53H100N2O6P+. The molecule has 0 aliphatic heterocycles. The lowest BCUT2D eigenvalue weighted by Gasteiger charge is -2.25. The van der Waals surface area contributed by atoms with Crippen LogP contribution >= 0.6 is 7.82 Å². The number of quaternary nitrogens is 1. The van der Waals surface area contributed by atoms with Crippen molar-refractivity contribution in [1.29, 1.82) is 0 Å². The van der Waals surface area contributed by atoms with Crippen LogP contribution < -0.4 is 5.32 Å². The highest BCUT2D eigenvalue weighted by Crippen LogP contribution is 2.43. The summed E-state index contributed by atoms with van der Waals surface area (Å²) >= 11 is 0. The van der Waals surface area contributed by atoms with Gasteiger partial charge in [0, 0.05) is 6.42 Å². The number of carbonyl (C=O) groups excluding carboxylic acids is 1. The number of likely N-dealkylation sites (N-methyl/N-ethyl adjacent to an activating group) is 1. The third-order valence-electron chi connectivity index (χ3n) is 11.2. The first-order valence-electron chi connectivity index (χ1n) is 25.7. The lowest BCUT2D eigenvalue weighted by Crippen LogP contribution is -2.45. The topological polar surface area (TPSA) is 105 Å². The molecule has 3 atom stereocenters. The van der Waals surface area contributed by atoms with Crippen LogP contribution in [0.5, 0.6) is 0 Å². The van der Waals surface area contributed by atoms with Crippen LogP contribution in [0.1, 0.15) is 219 Å². The van der Waals surface area contributed by atoms with Crippen molar-refractivity contribution in [1.82, 2.24) is 5.32 Å². The molecule has 0 bridgehead atoms. The molecule has 1 amide bonds. The molecule has 3 N–H and O–H groups in total. The fraction of sp³-hybridized carbons (Fsp3) is 0.792. The van der Waals surface area contributed by atoms with Gasteiger partial charge in [0.25, 0.3) is 0 Å². The van der Waals surface area contributed by atoms with Crippen molar-refractivity contribution in [2.75, 3.05) is 40.9 Å². The van der Waals surface area contributed by atoms with Crippen molar-refractivity contribution >= 4 is 13.7 Å². The predicted molar refractivity (Wildman–Crippen MR) is 267 cm³/mol. The van der Waals surface area contributed by atoms with Crippen molar-refractivity contribution in [2.24, 2.45) is 0 Å². The normalized spacial score (nSPS) is 14.6. The van der Waals surface area contributed by atoms with E-state index in [2.05, 4.69) is 67.8 Å². The SMILES string of the molecule is CCCCCCC/C=C/CC/C=C/CC/C=C/C(O)C(COP(=O)(O)OCC[N+](C)(C)C)NC(=O)CCCCCCCCCCC/C=C\C/C=C\CCCCCCCCCCC. The number of hydrogen-bond acceptors (Lipinski definition) is 5. The van der Waals surface area contributed by atoms with E-state index < -0.39 is 20.0 Å². The van der Waals surface area contributed by atoms with Crippen molar-refractivity contribution < 1.29 is 32.9 Å². The zero-order valence-electron chi connectivity index (χ0n) is 41.1. The van der Waals surface area contributed by atoms with E-state index >= 15 is 0 Å². The highest BCUT2D eigenvalue weighted by molar-refractivity contribution is 7.47. The first-order chi connectivity index (χ1) is 30.0. The molecule has 0 aromatic carbocycles. The van der Waals surface area contributed by atoms with Gasteiger partial charge in [-0.25, -0.2) is 4.57 Å². The first-order valence-corrected chi connectivity index (χ1v) is 27.2. The third-order valence-corrected chi connectivity index (χ3v) is 12.2. The summed E-state index contributed by atoms with van der Waals surface area (Å²) in [7, 11) is 1.54.